The number of benzene rings is 1. The van der Waals surface area contributed by atoms with Crippen LogP contribution in [0.2, 0.25) is 0 Å². The summed E-state index contributed by atoms with van der Waals surface area (Å²) in [5, 5.41) is 0. The first-order valence-corrected chi connectivity index (χ1v) is 10.5. The number of allylic oxidation sites excluding steroid dienone is 2. The van der Waals surface area contributed by atoms with E-state index in [0.717, 1.165) is 40.8 Å². The van der Waals surface area contributed by atoms with Crippen molar-refractivity contribution in [1.82, 2.24) is 9.97 Å². The van der Waals surface area contributed by atoms with Crippen molar-refractivity contribution in [2.45, 2.75) is 52.4 Å². The molecule has 0 bridgehead atoms. The van der Waals surface area contributed by atoms with Crippen LogP contribution in [0.3, 0.4) is 0 Å². The average Bonchev–Trinajstić information content (AvgIpc) is 2.65. The second-order valence-electron chi connectivity index (χ2n) is 8.45. The van der Waals surface area contributed by atoms with Gasteiger partial charge in [-0.05, 0) is 62.5 Å². The van der Waals surface area contributed by atoms with Crippen LogP contribution in [0.1, 0.15) is 51.6 Å². The molecular formula is C24H34N4. The molecular weight excluding hydrogens is 344 g/mol. The van der Waals surface area contributed by atoms with Crippen molar-refractivity contribution < 1.29 is 0 Å². The van der Waals surface area contributed by atoms with Crippen LogP contribution in [0.5, 0.6) is 0 Å². The maximum atomic E-state index is 5.84. The Kier molecular flexibility index (Phi) is 6.71. The summed E-state index contributed by atoms with van der Waals surface area (Å²) in [4.78, 5) is 11.9. The molecule has 2 N–H and O–H groups in total. The summed E-state index contributed by atoms with van der Waals surface area (Å²) in [6.45, 7) is 4.67. The predicted molar refractivity (Wildman–Crippen MR) is 119 cm³/mol. The molecule has 0 amide bonds. The lowest BCUT2D eigenvalue weighted by molar-refractivity contribution is 0.355. The first-order chi connectivity index (χ1) is 13.5. The Hall–Kier alpha value is -2.36. The van der Waals surface area contributed by atoms with Crippen LogP contribution in [-0.2, 0) is 6.42 Å². The SMILES string of the molecule is CC/C1=C\CCC(Cc2nc(-c3ccc(N)cc3)cnc2N(C)C)CC(C)C1. The number of aromatic nitrogens is 2. The summed E-state index contributed by atoms with van der Waals surface area (Å²) in [7, 11) is 4.10. The number of nitrogens with two attached hydrogens (primary N) is 1. The van der Waals surface area contributed by atoms with Gasteiger partial charge in [-0.3, -0.25) is 0 Å². The summed E-state index contributed by atoms with van der Waals surface area (Å²) in [5.74, 6) is 2.37. The van der Waals surface area contributed by atoms with Gasteiger partial charge in [0, 0.05) is 25.3 Å². The molecule has 0 spiro atoms. The van der Waals surface area contributed by atoms with E-state index >= 15 is 0 Å². The molecule has 3 rings (SSSR count). The Morgan fingerprint density at radius 1 is 1.18 bits per heavy atom. The molecule has 0 aliphatic heterocycles. The van der Waals surface area contributed by atoms with Gasteiger partial charge in [0.2, 0.25) is 0 Å². The average molecular weight is 379 g/mol. The summed E-state index contributed by atoms with van der Waals surface area (Å²) >= 11 is 0. The Labute approximate surface area is 169 Å². The summed E-state index contributed by atoms with van der Waals surface area (Å²) < 4.78 is 0. The molecule has 4 nitrogen and oxygen atoms in total. The fourth-order valence-electron chi connectivity index (χ4n) is 4.30. The van der Waals surface area contributed by atoms with E-state index < -0.39 is 0 Å². The van der Waals surface area contributed by atoms with Crippen molar-refractivity contribution >= 4 is 11.5 Å². The molecule has 0 radical (unpaired) electrons. The maximum Gasteiger partial charge on any atom is 0.149 e. The fourth-order valence-corrected chi connectivity index (χ4v) is 4.30. The molecule has 1 heterocycles. The lowest BCUT2D eigenvalue weighted by Crippen LogP contribution is -2.18. The van der Waals surface area contributed by atoms with Gasteiger partial charge in [-0.1, -0.05) is 37.6 Å². The van der Waals surface area contributed by atoms with Gasteiger partial charge < -0.3 is 10.6 Å². The van der Waals surface area contributed by atoms with Gasteiger partial charge in [0.1, 0.15) is 5.82 Å². The lowest BCUT2D eigenvalue weighted by atomic mass is 9.82. The van der Waals surface area contributed by atoms with E-state index in [1.165, 1.54) is 32.1 Å². The smallest absolute Gasteiger partial charge is 0.149 e. The van der Waals surface area contributed by atoms with Crippen LogP contribution in [0.15, 0.2) is 42.1 Å². The van der Waals surface area contributed by atoms with Crippen molar-refractivity contribution in [1.29, 1.82) is 0 Å². The van der Waals surface area contributed by atoms with Crippen LogP contribution in [0, 0.1) is 11.8 Å². The highest BCUT2D eigenvalue weighted by Gasteiger charge is 2.20. The molecule has 1 aromatic carbocycles. The van der Waals surface area contributed by atoms with Gasteiger partial charge in [0.05, 0.1) is 17.6 Å². The van der Waals surface area contributed by atoms with Crippen LogP contribution >= 0.6 is 0 Å². The Balaban J connectivity index is 1.85. The van der Waals surface area contributed by atoms with Crippen molar-refractivity contribution in [3.63, 3.8) is 0 Å². The van der Waals surface area contributed by atoms with Crippen LogP contribution < -0.4 is 10.6 Å². The fraction of sp³-hybridized carbons (Fsp3) is 0.500. The van der Waals surface area contributed by atoms with E-state index in [9.17, 15) is 0 Å². The standard InChI is InChI=1S/C24H34N4/c1-5-18-7-6-8-19(14-17(2)13-18)15-22-24(28(3)4)26-16-23(27-22)20-9-11-21(25)12-10-20/h7,9-12,16-17,19H,5-6,8,13-15,25H2,1-4H3/b18-7+. The van der Waals surface area contributed by atoms with E-state index in [1.54, 1.807) is 5.57 Å². The zero-order chi connectivity index (χ0) is 20.1. The van der Waals surface area contributed by atoms with Crippen LogP contribution in [-0.4, -0.2) is 24.1 Å². The van der Waals surface area contributed by atoms with Gasteiger partial charge in [0.25, 0.3) is 0 Å². The zero-order valence-corrected chi connectivity index (χ0v) is 17.8. The molecule has 0 fully saturated rings. The highest BCUT2D eigenvalue weighted by Crippen LogP contribution is 2.32. The van der Waals surface area contributed by atoms with Crippen molar-refractivity contribution in [3.05, 3.63) is 47.8 Å². The number of hydrogen-bond acceptors (Lipinski definition) is 4. The predicted octanol–water partition coefficient (Wildman–Crippen LogP) is 5.50. The first kappa shape index (κ1) is 20.4. The summed E-state index contributed by atoms with van der Waals surface area (Å²) in [5.41, 5.74) is 11.3. The monoisotopic (exact) mass is 378 g/mol. The molecule has 1 aromatic heterocycles. The van der Waals surface area contributed by atoms with E-state index in [1.807, 2.05) is 44.6 Å². The molecule has 0 saturated heterocycles. The molecule has 2 atom stereocenters. The number of nitrogens with zero attached hydrogens (tertiary/aromatic N) is 3. The van der Waals surface area contributed by atoms with E-state index in [-0.39, 0.29) is 0 Å². The van der Waals surface area contributed by atoms with Crippen LogP contribution in [0.4, 0.5) is 11.5 Å². The molecule has 2 unspecified atom stereocenters. The third-order valence-electron chi connectivity index (χ3n) is 5.74. The van der Waals surface area contributed by atoms with Crippen molar-refractivity contribution in [2.75, 3.05) is 24.7 Å². The molecule has 4 heteroatoms. The maximum absolute atomic E-state index is 5.84. The zero-order valence-electron chi connectivity index (χ0n) is 17.8. The quantitative estimate of drug-likeness (QED) is 0.551. The van der Waals surface area contributed by atoms with Crippen molar-refractivity contribution in [3.8, 4) is 11.3 Å². The molecule has 150 valence electrons. The topological polar surface area (TPSA) is 55.0 Å². The molecule has 28 heavy (non-hydrogen) atoms. The minimum Gasteiger partial charge on any atom is -0.399 e. The van der Waals surface area contributed by atoms with Gasteiger partial charge >= 0.3 is 0 Å². The minimum atomic E-state index is 0.652. The number of anilines is 2. The van der Waals surface area contributed by atoms with Gasteiger partial charge in [0.15, 0.2) is 0 Å². The normalized spacial score (nSPS) is 22.1. The summed E-state index contributed by atoms with van der Waals surface area (Å²) in [6, 6.07) is 7.89. The van der Waals surface area contributed by atoms with E-state index in [0.29, 0.717) is 5.92 Å². The van der Waals surface area contributed by atoms with Gasteiger partial charge in [-0.2, -0.15) is 0 Å². The van der Waals surface area contributed by atoms with Gasteiger partial charge in [-0.15, -0.1) is 0 Å². The summed E-state index contributed by atoms with van der Waals surface area (Å²) in [6.07, 6.45) is 11.4. The second kappa shape index (κ2) is 9.22. The Morgan fingerprint density at radius 3 is 2.61 bits per heavy atom. The second-order valence-corrected chi connectivity index (χ2v) is 8.45. The lowest BCUT2D eigenvalue weighted by Gasteiger charge is -2.25. The van der Waals surface area contributed by atoms with Crippen molar-refractivity contribution in [2.24, 2.45) is 11.8 Å². The Bertz CT molecular complexity index is 808. The third kappa shape index (κ3) is 5.12. The highest BCUT2D eigenvalue weighted by molar-refractivity contribution is 5.62. The molecule has 0 saturated carbocycles. The first-order valence-electron chi connectivity index (χ1n) is 10.5. The van der Waals surface area contributed by atoms with E-state index in [2.05, 4.69) is 24.8 Å². The molecule has 1 aliphatic rings. The highest BCUT2D eigenvalue weighted by atomic mass is 15.1. The van der Waals surface area contributed by atoms with Crippen LogP contribution in [0.25, 0.3) is 11.3 Å². The number of nitrogen functional groups attached to an aromatic ring is 1. The van der Waals surface area contributed by atoms with E-state index in [4.69, 9.17) is 15.7 Å². The minimum absolute atomic E-state index is 0.652. The molecule has 1 aliphatic carbocycles. The largest absolute Gasteiger partial charge is 0.399 e. The Morgan fingerprint density at radius 2 is 1.93 bits per heavy atom. The third-order valence-corrected chi connectivity index (χ3v) is 5.74. The number of rotatable bonds is 5. The number of hydrogen-bond donors (Lipinski definition) is 1. The molecule has 2 aromatic rings. The van der Waals surface area contributed by atoms with Gasteiger partial charge in [-0.25, -0.2) is 9.97 Å².